The number of para-hydroxylation sites is 1. The molecule has 0 heterocycles. The summed E-state index contributed by atoms with van der Waals surface area (Å²) in [7, 11) is 1.70. The van der Waals surface area contributed by atoms with Crippen LogP contribution >= 0.6 is 15.9 Å². The number of hydrogen-bond donors (Lipinski definition) is 1. The van der Waals surface area contributed by atoms with E-state index in [1.807, 2.05) is 18.2 Å². The number of nitrogens with one attached hydrogen (secondary N) is 1. The lowest BCUT2D eigenvalue weighted by atomic mass is 10.1. The van der Waals surface area contributed by atoms with Gasteiger partial charge in [-0.05, 0) is 53.5 Å². The first-order valence-electron chi connectivity index (χ1n) is 6.27. The van der Waals surface area contributed by atoms with Crippen LogP contribution in [0, 0.1) is 6.92 Å². The van der Waals surface area contributed by atoms with E-state index in [-0.39, 0.29) is 6.04 Å². The molecule has 0 radical (unpaired) electrons. The van der Waals surface area contributed by atoms with Crippen LogP contribution in [-0.2, 0) is 0 Å². The molecule has 1 atom stereocenters. The fourth-order valence-electron chi connectivity index (χ4n) is 2.08. The number of hydrogen-bond acceptors (Lipinski definition) is 2. The second-order valence-electron chi connectivity index (χ2n) is 4.59. The van der Waals surface area contributed by atoms with Crippen LogP contribution in [0.15, 0.2) is 46.9 Å². The Morgan fingerprint density at radius 1 is 1.16 bits per heavy atom. The van der Waals surface area contributed by atoms with Crippen molar-refractivity contribution >= 4 is 21.6 Å². The molecule has 1 unspecified atom stereocenters. The Morgan fingerprint density at radius 2 is 1.89 bits per heavy atom. The summed E-state index contributed by atoms with van der Waals surface area (Å²) in [4.78, 5) is 0. The van der Waals surface area contributed by atoms with E-state index < -0.39 is 0 Å². The van der Waals surface area contributed by atoms with Gasteiger partial charge in [0.1, 0.15) is 5.75 Å². The van der Waals surface area contributed by atoms with Gasteiger partial charge in [0, 0.05) is 15.7 Å². The average molecular weight is 320 g/mol. The number of halogens is 1. The highest BCUT2D eigenvalue weighted by Crippen LogP contribution is 2.31. The van der Waals surface area contributed by atoms with Crippen molar-refractivity contribution in [1.82, 2.24) is 0 Å². The standard InChI is InChI=1S/C16H18BrNO/c1-11-8-9-14(17)15(10-11)18-12(2)13-6-4-5-7-16(13)19-3/h4-10,12,18H,1-3H3. The Kier molecular flexibility index (Phi) is 4.48. The quantitative estimate of drug-likeness (QED) is 0.861. The molecule has 0 saturated heterocycles. The molecule has 2 nitrogen and oxygen atoms in total. The van der Waals surface area contributed by atoms with Crippen molar-refractivity contribution in [3.05, 3.63) is 58.1 Å². The molecule has 0 aliphatic heterocycles. The Morgan fingerprint density at radius 3 is 2.63 bits per heavy atom. The van der Waals surface area contributed by atoms with Gasteiger partial charge in [-0.25, -0.2) is 0 Å². The maximum atomic E-state index is 5.41. The lowest BCUT2D eigenvalue weighted by Gasteiger charge is -2.19. The minimum Gasteiger partial charge on any atom is -0.496 e. The highest BCUT2D eigenvalue weighted by molar-refractivity contribution is 9.10. The first-order chi connectivity index (χ1) is 9.11. The molecular weight excluding hydrogens is 302 g/mol. The lowest BCUT2D eigenvalue weighted by molar-refractivity contribution is 0.408. The third-order valence-corrected chi connectivity index (χ3v) is 3.79. The van der Waals surface area contributed by atoms with Gasteiger partial charge in [-0.2, -0.15) is 0 Å². The molecule has 0 saturated carbocycles. The summed E-state index contributed by atoms with van der Waals surface area (Å²) in [5, 5.41) is 3.52. The van der Waals surface area contributed by atoms with Gasteiger partial charge in [-0.3, -0.25) is 0 Å². The number of ether oxygens (including phenoxy) is 1. The molecule has 3 heteroatoms. The SMILES string of the molecule is COc1ccccc1C(C)Nc1cc(C)ccc1Br. The Labute approximate surface area is 122 Å². The molecule has 2 aromatic rings. The van der Waals surface area contributed by atoms with Crippen molar-refractivity contribution in [2.45, 2.75) is 19.9 Å². The second kappa shape index (κ2) is 6.11. The van der Waals surface area contributed by atoms with Crippen molar-refractivity contribution in [2.75, 3.05) is 12.4 Å². The van der Waals surface area contributed by atoms with E-state index in [2.05, 4.69) is 59.4 Å². The van der Waals surface area contributed by atoms with Crippen LogP contribution in [0.4, 0.5) is 5.69 Å². The zero-order valence-electron chi connectivity index (χ0n) is 11.4. The Hall–Kier alpha value is -1.48. The normalized spacial score (nSPS) is 12.0. The van der Waals surface area contributed by atoms with Gasteiger partial charge in [0.15, 0.2) is 0 Å². The number of aryl methyl sites for hydroxylation is 1. The highest BCUT2D eigenvalue weighted by atomic mass is 79.9. The van der Waals surface area contributed by atoms with Gasteiger partial charge in [-0.1, -0.05) is 24.3 Å². The Balaban J connectivity index is 2.25. The molecule has 100 valence electrons. The minimum atomic E-state index is 0.175. The summed E-state index contributed by atoms with van der Waals surface area (Å²) in [6.07, 6.45) is 0. The zero-order valence-corrected chi connectivity index (χ0v) is 13.0. The fourth-order valence-corrected chi connectivity index (χ4v) is 2.45. The van der Waals surface area contributed by atoms with Crippen molar-refractivity contribution in [1.29, 1.82) is 0 Å². The van der Waals surface area contributed by atoms with Crippen LogP contribution in [0.5, 0.6) is 5.75 Å². The van der Waals surface area contributed by atoms with Crippen LogP contribution < -0.4 is 10.1 Å². The molecule has 0 aliphatic carbocycles. The van der Waals surface area contributed by atoms with Crippen LogP contribution in [0.3, 0.4) is 0 Å². The van der Waals surface area contributed by atoms with Crippen LogP contribution in [0.25, 0.3) is 0 Å². The molecule has 0 spiro atoms. The van der Waals surface area contributed by atoms with Crippen LogP contribution in [0.1, 0.15) is 24.1 Å². The van der Waals surface area contributed by atoms with E-state index in [1.165, 1.54) is 5.56 Å². The van der Waals surface area contributed by atoms with Crippen LogP contribution in [0.2, 0.25) is 0 Å². The molecule has 0 fully saturated rings. The molecule has 0 bridgehead atoms. The van der Waals surface area contributed by atoms with E-state index in [0.29, 0.717) is 0 Å². The predicted molar refractivity (Wildman–Crippen MR) is 83.9 cm³/mol. The molecule has 0 amide bonds. The van der Waals surface area contributed by atoms with E-state index in [9.17, 15) is 0 Å². The van der Waals surface area contributed by atoms with Gasteiger partial charge >= 0.3 is 0 Å². The van der Waals surface area contributed by atoms with Gasteiger partial charge in [0.05, 0.1) is 13.2 Å². The molecule has 2 rings (SSSR count). The average Bonchev–Trinajstić information content (AvgIpc) is 2.42. The first-order valence-corrected chi connectivity index (χ1v) is 7.06. The lowest BCUT2D eigenvalue weighted by Crippen LogP contribution is -2.08. The van der Waals surface area contributed by atoms with E-state index in [0.717, 1.165) is 21.5 Å². The fraction of sp³-hybridized carbons (Fsp3) is 0.250. The van der Waals surface area contributed by atoms with E-state index >= 15 is 0 Å². The molecule has 19 heavy (non-hydrogen) atoms. The number of benzene rings is 2. The first kappa shape index (κ1) is 13.9. The summed E-state index contributed by atoms with van der Waals surface area (Å²) in [6, 6.07) is 14.5. The van der Waals surface area contributed by atoms with Gasteiger partial charge in [0.25, 0.3) is 0 Å². The zero-order chi connectivity index (χ0) is 13.8. The molecule has 2 aromatic carbocycles. The largest absolute Gasteiger partial charge is 0.496 e. The van der Waals surface area contributed by atoms with Crippen molar-refractivity contribution < 1.29 is 4.74 Å². The summed E-state index contributed by atoms with van der Waals surface area (Å²) < 4.78 is 6.48. The summed E-state index contributed by atoms with van der Waals surface area (Å²) >= 11 is 3.57. The molecular formula is C16H18BrNO. The maximum absolute atomic E-state index is 5.41. The van der Waals surface area contributed by atoms with Crippen molar-refractivity contribution in [3.8, 4) is 5.75 Å². The summed E-state index contributed by atoms with van der Waals surface area (Å²) in [6.45, 7) is 4.22. The minimum absolute atomic E-state index is 0.175. The van der Waals surface area contributed by atoms with Crippen molar-refractivity contribution in [3.63, 3.8) is 0 Å². The summed E-state index contributed by atoms with van der Waals surface area (Å²) in [5.74, 6) is 0.909. The molecule has 0 aliphatic rings. The summed E-state index contributed by atoms with van der Waals surface area (Å²) in [5.41, 5.74) is 3.48. The third-order valence-electron chi connectivity index (χ3n) is 3.10. The maximum Gasteiger partial charge on any atom is 0.124 e. The van der Waals surface area contributed by atoms with E-state index in [1.54, 1.807) is 7.11 Å². The molecule has 0 aromatic heterocycles. The third kappa shape index (κ3) is 3.29. The number of anilines is 1. The van der Waals surface area contributed by atoms with Gasteiger partial charge in [0.2, 0.25) is 0 Å². The molecule has 1 N–H and O–H groups in total. The topological polar surface area (TPSA) is 21.3 Å². The smallest absolute Gasteiger partial charge is 0.124 e. The van der Waals surface area contributed by atoms with Crippen LogP contribution in [-0.4, -0.2) is 7.11 Å². The number of methoxy groups -OCH3 is 1. The highest BCUT2D eigenvalue weighted by Gasteiger charge is 2.11. The van der Waals surface area contributed by atoms with Crippen molar-refractivity contribution in [2.24, 2.45) is 0 Å². The Bertz CT molecular complexity index is 568. The van der Waals surface area contributed by atoms with Gasteiger partial charge < -0.3 is 10.1 Å². The number of rotatable bonds is 4. The monoisotopic (exact) mass is 319 g/mol. The second-order valence-corrected chi connectivity index (χ2v) is 5.45. The predicted octanol–water partition coefficient (Wildman–Crippen LogP) is 4.94. The van der Waals surface area contributed by atoms with Gasteiger partial charge in [-0.15, -0.1) is 0 Å². The van der Waals surface area contributed by atoms with E-state index in [4.69, 9.17) is 4.74 Å².